The Kier molecular flexibility index (Phi) is 4.63. The average molecular weight is 350 g/mol. The van der Waals surface area contributed by atoms with Crippen LogP contribution < -0.4 is 4.74 Å². The van der Waals surface area contributed by atoms with E-state index in [0.29, 0.717) is 17.3 Å². The first-order chi connectivity index (χ1) is 9.86. The number of nitrogens with zero attached hydrogens (tertiary/aromatic N) is 1. The van der Waals surface area contributed by atoms with Gasteiger partial charge in [-0.3, -0.25) is 0 Å². The Morgan fingerprint density at radius 2 is 2.00 bits per heavy atom. The average Bonchev–Trinajstić information content (AvgIpc) is 2.41. The monoisotopic (exact) mass is 349 g/mol. The summed E-state index contributed by atoms with van der Waals surface area (Å²) in [4.78, 5) is 15.6. The number of carbonyl (C=O) groups is 1. The van der Waals surface area contributed by atoms with Crippen LogP contribution in [0.2, 0.25) is 0 Å². The summed E-state index contributed by atoms with van der Waals surface area (Å²) in [6.07, 6.45) is 0. The Balaban J connectivity index is 2.41. The van der Waals surface area contributed by atoms with Crippen molar-refractivity contribution in [2.24, 2.45) is 0 Å². The second-order valence-electron chi connectivity index (χ2n) is 5.09. The van der Waals surface area contributed by atoms with Crippen molar-refractivity contribution in [1.82, 2.24) is 4.98 Å². The van der Waals surface area contributed by atoms with Gasteiger partial charge in [0.25, 0.3) is 0 Å². The molecule has 0 atom stereocenters. The zero-order valence-electron chi connectivity index (χ0n) is 12.1. The summed E-state index contributed by atoms with van der Waals surface area (Å²) >= 11 is 3.39. The fourth-order valence-electron chi connectivity index (χ4n) is 1.84. The third-order valence-corrected chi connectivity index (χ3v) is 3.50. The number of rotatable bonds is 4. The molecule has 0 aliphatic heterocycles. The van der Waals surface area contributed by atoms with Gasteiger partial charge < -0.3 is 9.84 Å². The highest BCUT2D eigenvalue weighted by atomic mass is 79.9. The summed E-state index contributed by atoms with van der Waals surface area (Å²) in [6, 6.07) is 8.64. The molecule has 1 aromatic carbocycles. The van der Waals surface area contributed by atoms with Gasteiger partial charge in [0.15, 0.2) is 0 Å². The molecule has 0 aliphatic rings. The first kappa shape index (κ1) is 15.5. The van der Waals surface area contributed by atoms with Gasteiger partial charge in [-0.25, -0.2) is 9.78 Å². The molecule has 0 bridgehead atoms. The molecule has 0 aliphatic carbocycles. The standard InChI is InChI=1S/C16H16BrNO3/c1-9(2)13-7-11(16(19)20)8-15(18-13)21-14-5-4-12(17)6-10(14)3/h4-9H,1-3H3,(H,19,20). The molecule has 0 unspecified atom stereocenters. The summed E-state index contributed by atoms with van der Waals surface area (Å²) in [7, 11) is 0. The number of aromatic nitrogens is 1. The molecular formula is C16H16BrNO3. The molecule has 4 nitrogen and oxygen atoms in total. The fraction of sp³-hybridized carbons (Fsp3) is 0.250. The van der Waals surface area contributed by atoms with Crippen LogP contribution in [-0.2, 0) is 0 Å². The zero-order valence-corrected chi connectivity index (χ0v) is 13.6. The smallest absolute Gasteiger partial charge is 0.335 e. The summed E-state index contributed by atoms with van der Waals surface area (Å²) in [5, 5.41) is 9.18. The van der Waals surface area contributed by atoms with E-state index in [4.69, 9.17) is 4.74 Å². The van der Waals surface area contributed by atoms with E-state index in [0.717, 1.165) is 10.0 Å². The largest absolute Gasteiger partial charge is 0.478 e. The van der Waals surface area contributed by atoms with Gasteiger partial charge in [0.1, 0.15) is 5.75 Å². The number of aryl methyl sites for hydroxylation is 1. The van der Waals surface area contributed by atoms with Crippen LogP contribution in [0.4, 0.5) is 0 Å². The van der Waals surface area contributed by atoms with Gasteiger partial charge in [0.2, 0.25) is 5.88 Å². The second kappa shape index (κ2) is 6.26. The summed E-state index contributed by atoms with van der Waals surface area (Å²) in [5.41, 5.74) is 1.82. The van der Waals surface area contributed by atoms with E-state index in [-0.39, 0.29) is 11.5 Å². The number of benzene rings is 1. The third-order valence-electron chi connectivity index (χ3n) is 3.01. The predicted octanol–water partition coefficient (Wildman–Crippen LogP) is 4.77. The lowest BCUT2D eigenvalue weighted by Crippen LogP contribution is -2.03. The molecule has 0 spiro atoms. The van der Waals surface area contributed by atoms with Crippen LogP contribution in [-0.4, -0.2) is 16.1 Å². The quantitative estimate of drug-likeness (QED) is 0.863. The lowest BCUT2D eigenvalue weighted by atomic mass is 10.1. The SMILES string of the molecule is Cc1cc(Br)ccc1Oc1cc(C(=O)O)cc(C(C)C)n1. The number of pyridine rings is 1. The van der Waals surface area contributed by atoms with Gasteiger partial charge in [0.05, 0.1) is 5.56 Å². The van der Waals surface area contributed by atoms with Gasteiger partial charge in [-0.15, -0.1) is 0 Å². The van der Waals surface area contributed by atoms with Crippen molar-refractivity contribution < 1.29 is 14.6 Å². The zero-order chi connectivity index (χ0) is 15.6. The van der Waals surface area contributed by atoms with Crippen LogP contribution in [0.1, 0.15) is 41.4 Å². The van der Waals surface area contributed by atoms with Crippen LogP contribution in [0, 0.1) is 6.92 Å². The van der Waals surface area contributed by atoms with E-state index in [1.54, 1.807) is 6.07 Å². The molecule has 0 amide bonds. The topological polar surface area (TPSA) is 59.4 Å². The maximum absolute atomic E-state index is 11.2. The van der Waals surface area contributed by atoms with Crippen molar-refractivity contribution in [3.8, 4) is 11.6 Å². The molecule has 1 heterocycles. The minimum atomic E-state index is -0.989. The Morgan fingerprint density at radius 3 is 2.57 bits per heavy atom. The summed E-state index contributed by atoms with van der Waals surface area (Å²) < 4.78 is 6.71. The number of hydrogen-bond acceptors (Lipinski definition) is 3. The van der Waals surface area contributed by atoms with E-state index >= 15 is 0 Å². The highest BCUT2D eigenvalue weighted by Gasteiger charge is 2.13. The molecular weight excluding hydrogens is 334 g/mol. The van der Waals surface area contributed by atoms with E-state index in [1.807, 2.05) is 39.0 Å². The molecule has 0 radical (unpaired) electrons. The van der Waals surface area contributed by atoms with Crippen molar-refractivity contribution in [3.05, 3.63) is 51.6 Å². The number of hydrogen-bond donors (Lipinski definition) is 1. The lowest BCUT2D eigenvalue weighted by Gasteiger charge is -2.12. The highest BCUT2D eigenvalue weighted by molar-refractivity contribution is 9.10. The first-order valence-corrected chi connectivity index (χ1v) is 7.35. The maximum Gasteiger partial charge on any atom is 0.335 e. The van der Waals surface area contributed by atoms with Crippen molar-refractivity contribution in [1.29, 1.82) is 0 Å². The van der Waals surface area contributed by atoms with Crippen molar-refractivity contribution in [2.75, 3.05) is 0 Å². The van der Waals surface area contributed by atoms with Crippen molar-refractivity contribution in [2.45, 2.75) is 26.7 Å². The molecule has 110 valence electrons. The van der Waals surface area contributed by atoms with E-state index in [1.165, 1.54) is 6.07 Å². The van der Waals surface area contributed by atoms with Crippen LogP contribution >= 0.6 is 15.9 Å². The maximum atomic E-state index is 11.2. The fourth-order valence-corrected chi connectivity index (χ4v) is 2.31. The number of aromatic carboxylic acids is 1. The van der Waals surface area contributed by atoms with Gasteiger partial charge in [0, 0.05) is 16.2 Å². The Labute approximate surface area is 131 Å². The second-order valence-corrected chi connectivity index (χ2v) is 6.01. The van der Waals surface area contributed by atoms with Crippen LogP contribution in [0.3, 0.4) is 0 Å². The van der Waals surface area contributed by atoms with Crippen molar-refractivity contribution >= 4 is 21.9 Å². The molecule has 2 rings (SSSR count). The predicted molar refractivity (Wildman–Crippen MR) is 84.2 cm³/mol. The minimum absolute atomic E-state index is 0.123. The lowest BCUT2D eigenvalue weighted by molar-refractivity contribution is 0.0696. The third kappa shape index (κ3) is 3.82. The number of carboxylic acids is 1. The minimum Gasteiger partial charge on any atom is -0.478 e. The van der Waals surface area contributed by atoms with Gasteiger partial charge in [-0.1, -0.05) is 29.8 Å². The molecule has 0 saturated heterocycles. The van der Waals surface area contributed by atoms with Gasteiger partial charge in [-0.2, -0.15) is 0 Å². The molecule has 0 saturated carbocycles. The Bertz CT molecular complexity index is 683. The highest BCUT2D eigenvalue weighted by Crippen LogP contribution is 2.28. The molecule has 1 N–H and O–H groups in total. The normalized spacial score (nSPS) is 10.7. The molecule has 0 fully saturated rings. The number of halogens is 1. The number of ether oxygens (including phenoxy) is 1. The molecule has 5 heteroatoms. The van der Waals surface area contributed by atoms with Crippen molar-refractivity contribution in [3.63, 3.8) is 0 Å². The molecule has 21 heavy (non-hydrogen) atoms. The van der Waals surface area contributed by atoms with Crippen LogP contribution in [0.5, 0.6) is 11.6 Å². The van der Waals surface area contributed by atoms with E-state index in [2.05, 4.69) is 20.9 Å². The first-order valence-electron chi connectivity index (χ1n) is 6.56. The van der Waals surface area contributed by atoms with E-state index < -0.39 is 5.97 Å². The van der Waals surface area contributed by atoms with Crippen LogP contribution in [0.25, 0.3) is 0 Å². The molecule has 2 aromatic rings. The van der Waals surface area contributed by atoms with Crippen LogP contribution in [0.15, 0.2) is 34.8 Å². The molecule has 1 aromatic heterocycles. The number of carboxylic acid groups (broad SMARTS) is 1. The van der Waals surface area contributed by atoms with Gasteiger partial charge in [-0.05, 0) is 42.7 Å². The Hall–Kier alpha value is -1.88. The van der Waals surface area contributed by atoms with Gasteiger partial charge >= 0.3 is 5.97 Å². The summed E-state index contributed by atoms with van der Waals surface area (Å²) in [5.74, 6) is 0.0845. The van der Waals surface area contributed by atoms with E-state index in [9.17, 15) is 9.90 Å². The summed E-state index contributed by atoms with van der Waals surface area (Å²) in [6.45, 7) is 5.84. The Morgan fingerprint density at radius 1 is 1.29 bits per heavy atom.